The van der Waals surface area contributed by atoms with Crippen LogP contribution in [0.25, 0.3) is 6.08 Å². The number of aliphatic imine (C=N–C) groups is 1. The molecule has 0 spiro atoms. The predicted molar refractivity (Wildman–Crippen MR) is 120 cm³/mol. The maximum Gasteiger partial charge on any atom is 0.311 e. The molecule has 1 aliphatic heterocycles. The molecule has 1 amide bonds. The van der Waals surface area contributed by atoms with E-state index in [0.29, 0.717) is 32.8 Å². The Bertz CT molecular complexity index is 1220. The van der Waals surface area contributed by atoms with Gasteiger partial charge in [-0.15, -0.1) is 0 Å². The number of ether oxygens (including phenoxy) is 1. The van der Waals surface area contributed by atoms with Crippen LogP contribution in [-0.4, -0.2) is 33.1 Å². The van der Waals surface area contributed by atoms with Crippen molar-refractivity contribution in [3.63, 3.8) is 0 Å². The third-order valence-electron chi connectivity index (χ3n) is 4.57. The van der Waals surface area contributed by atoms with Crippen molar-refractivity contribution in [1.29, 1.82) is 0 Å². The Balaban J connectivity index is 1.69. The quantitative estimate of drug-likeness (QED) is 0.328. The van der Waals surface area contributed by atoms with Crippen molar-refractivity contribution in [2.24, 2.45) is 4.99 Å². The van der Waals surface area contributed by atoms with Gasteiger partial charge in [0.05, 0.1) is 35.4 Å². The number of phenols is 1. The van der Waals surface area contributed by atoms with Crippen molar-refractivity contribution < 1.29 is 24.0 Å². The molecule has 1 fully saturated rings. The van der Waals surface area contributed by atoms with Crippen LogP contribution in [0.5, 0.6) is 11.5 Å². The number of carbonyl (C=O) groups excluding carboxylic acids is 1. The molecule has 0 bridgehead atoms. The number of rotatable bonds is 6. The maximum absolute atomic E-state index is 13.1. The van der Waals surface area contributed by atoms with Crippen molar-refractivity contribution in [3.8, 4) is 11.5 Å². The number of nitrogens with zero attached hydrogens (tertiary/aromatic N) is 3. The molecule has 162 valence electrons. The summed E-state index contributed by atoms with van der Waals surface area (Å²) in [5, 5.41) is 21.2. The first-order valence-corrected chi connectivity index (χ1v) is 10.2. The molecule has 0 atom stereocenters. The highest BCUT2D eigenvalue weighted by Gasteiger charge is 2.34. The van der Waals surface area contributed by atoms with Gasteiger partial charge in [0.2, 0.25) is 0 Å². The average molecular weight is 451 g/mol. The predicted octanol–water partition coefficient (Wildman–Crippen LogP) is 4.71. The summed E-state index contributed by atoms with van der Waals surface area (Å²) in [6.07, 6.45) is 3.06. The summed E-state index contributed by atoms with van der Waals surface area (Å²) in [5.74, 6) is 0.520. The Kier molecular flexibility index (Phi) is 5.95. The first-order valence-electron chi connectivity index (χ1n) is 9.38. The fourth-order valence-corrected chi connectivity index (χ4v) is 3.98. The van der Waals surface area contributed by atoms with Gasteiger partial charge in [0.1, 0.15) is 11.5 Å². The average Bonchev–Trinajstić information content (AvgIpc) is 3.40. The van der Waals surface area contributed by atoms with Crippen LogP contribution in [0, 0.1) is 10.1 Å². The molecule has 4 rings (SSSR count). The van der Waals surface area contributed by atoms with Crippen molar-refractivity contribution in [1.82, 2.24) is 4.90 Å². The molecule has 0 unspecified atom stereocenters. The zero-order valence-electron chi connectivity index (χ0n) is 16.8. The Hall–Kier alpha value is -4.05. The minimum Gasteiger partial charge on any atom is -0.502 e. The monoisotopic (exact) mass is 451 g/mol. The molecule has 0 saturated carbocycles. The lowest BCUT2D eigenvalue weighted by molar-refractivity contribution is -0.385. The standard InChI is InChI=1S/C22H17N3O6S/c1-30-16-7-5-15(6-8-16)23-22-24(13-17-3-2-10-31-17)21(27)20(32-22)12-14-4-9-19(26)18(11-14)25(28)29/h2-12,26H,13H2,1H3/b20-12-,23-22?. The summed E-state index contributed by atoms with van der Waals surface area (Å²) in [6, 6.07) is 14.5. The minimum atomic E-state index is -0.680. The number of nitro groups is 1. The van der Waals surface area contributed by atoms with E-state index in [-0.39, 0.29) is 12.5 Å². The molecule has 1 aromatic heterocycles. The zero-order valence-corrected chi connectivity index (χ0v) is 17.6. The third-order valence-corrected chi connectivity index (χ3v) is 5.58. The van der Waals surface area contributed by atoms with Gasteiger partial charge in [0, 0.05) is 6.07 Å². The summed E-state index contributed by atoms with van der Waals surface area (Å²) >= 11 is 1.15. The molecule has 1 saturated heterocycles. The molecule has 0 radical (unpaired) electrons. The molecule has 0 aliphatic carbocycles. The van der Waals surface area contributed by atoms with Gasteiger partial charge < -0.3 is 14.3 Å². The maximum atomic E-state index is 13.1. The number of thioether (sulfide) groups is 1. The molecule has 2 heterocycles. The highest BCUT2D eigenvalue weighted by atomic mass is 32.2. The molecular formula is C22H17N3O6S. The van der Waals surface area contributed by atoms with Gasteiger partial charge in [-0.25, -0.2) is 4.99 Å². The van der Waals surface area contributed by atoms with Gasteiger partial charge >= 0.3 is 5.69 Å². The van der Waals surface area contributed by atoms with Gasteiger partial charge in [0.15, 0.2) is 10.9 Å². The lowest BCUT2D eigenvalue weighted by atomic mass is 10.1. The van der Waals surface area contributed by atoms with Gasteiger partial charge in [-0.2, -0.15) is 0 Å². The smallest absolute Gasteiger partial charge is 0.311 e. The van der Waals surface area contributed by atoms with E-state index in [9.17, 15) is 20.0 Å². The van der Waals surface area contributed by atoms with Crippen molar-refractivity contribution in [2.75, 3.05) is 7.11 Å². The van der Waals surface area contributed by atoms with E-state index < -0.39 is 16.4 Å². The van der Waals surface area contributed by atoms with E-state index in [1.807, 2.05) is 0 Å². The van der Waals surface area contributed by atoms with E-state index in [1.54, 1.807) is 43.5 Å². The number of benzene rings is 2. The van der Waals surface area contributed by atoms with Gasteiger partial charge in [-0.1, -0.05) is 6.07 Å². The highest BCUT2D eigenvalue weighted by molar-refractivity contribution is 8.18. The second kappa shape index (κ2) is 8.98. The molecule has 2 aromatic carbocycles. The second-order valence-electron chi connectivity index (χ2n) is 6.68. The van der Waals surface area contributed by atoms with Gasteiger partial charge in [0.25, 0.3) is 5.91 Å². The van der Waals surface area contributed by atoms with Crippen LogP contribution in [0.4, 0.5) is 11.4 Å². The van der Waals surface area contributed by atoms with E-state index in [1.165, 1.54) is 35.4 Å². The molecule has 3 aromatic rings. The van der Waals surface area contributed by atoms with Crippen LogP contribution in [0.3, 0.4) is 0 Å². The SMILES string of the molecule is COc1ccc(N=C2S/C(=C\c3ccc(O)c([N+](=O)[O-])c3)C(=O)N2Cc2ccco2)cc1. The summed E-state index contributed by atoms with van der Waals surface area (Å²) in [4.78, 5) is 30.0. The fraction of sp³-hybridized carbons (Fsp3) is 0.0909. The molecular weight excluding hydrogens is 434 g/mol. The van der Waals surface area contributed by atoms with Crippen molar-refractivity contribution in [3.05, 3.63) is 87.2 Å². The van der Waals surface area contributed by atoms with E-state index in [0.717, 1.165) is 11.8 Å². The van der Waals surface area contributed by atoms with Crippen molar-refractivity contribution >= 4 is 40.3 Å². The largest absolute Gasteiger partial charge is 0.502 e. The van der Waals surface area contributed by atoms with E-state index >= 15 is 0 Å². The second-order valence-corrected chi connectivity index (χ2v) is 7.69. The van der Waals surface area contributed by atoms with Crippen LogP contribution >= 0.6 is 11.8 Å². The topological polar surface area (TPSA) is 118 Å². The third kappa shape index (κ3) is 4.49. The summed E-state index contributed by atoms with van der Waals surface area (Å²) in [6.45, 7) is 0.181. The Labute approximate surface area is 186 Å². The number of phenolic OH excluding ortho intramolecular Hbond substituents is 1. The normalized spacial score (nSPS) is 16.2. The fourth-order valence-electron chi connectivity index (χ4n) is 2.98. The first-order chi connectivity index (χ1) is 15.4. The lowest BCUT2D eigenvalue weighted by Crippen LogP contribution is -2.28. The van der Waals surface area contributed by atoms with Gasteiger partial charge in [-0.3, -0.25) is 19.8 Å². The number of carbonyl (C=O) groups is 1. The number of aromatic hydroxyl groups is 1. The van der Waals surface area contributed by atoms with Gasteiger partial charge in [-0.05, 0) is 65.9 Å². The number of furan rings is 1. The Morgan fingerprint density at radius 2 is 2.03 bits per heavy atom. The van der Waals surface area contributed by atoms with Crippen LogP contribution < -0.4 is 4.74 Å². The molecule has 9 nitrogen and oxygen atoms in total. The van der Waals surface area contributed by atoms with Crippen LogP contribution in [0.2, 0.25) is 0 Å². The summed E-state index contributed by atoms with van der Waals surface area (Å²) < 4.78 is 10.5. The summed E-state index contributed by atoms with van der Waals surface area (Å²) in [5.41, 5.74) is 0.607. The number of nitro benzene ring substituents is 1. The van der Waals surface area contributed by atoms with Crippen LogP contribution in [0.15, 0.2) is 75.2 Å². The minimum absolute atomic E-state index is 0.181. The lowest BCUT2D eigenvalue weighted by Gasteiger charge is -2.13. The van der Waals surface area contributed by atoms with Crippen LogP contribution in [-0.2, 0) is 11.3 Å². The number of hydrogen-bond donors (Lipinski definition) is 1. The summed E-state index contributed by atoms with van der Waals surface area (Å²) in [7, 11) is 1.57. The van der Waals surface area contributed by atoms with E-state index in [4.69, 9.17) is 9.15 Å². The number of amidine groups is 1. The Morgan fingerprint density at radius 1 is 1.25 bits per heavy atom. The van der Waals surface area contributed by atoms with E-state index in [2.05, 4.69) is 4.99 Å². The molecule has 32 heavy (non-hydrogen) atoms. The number of amides is 1. The van der Waals surface area contributed by atoms with Crippen molar-refractivity contribution in [2.45, 2.75) is 6.54 Å². The van der Waals surface area contributed by atoms with Crippen LogP contribution in [0.1, 0.15) is 11.3 Å². The first kappa shape index (κ1) is 21.2. The molecule has 1 aliphatic rings. The zero-order chi connectivity index (χ0) is 22.7. The number of hydrogen-bond acceptors (Lipinski definition) is 8. The molecule has 1 N–H and O–H groups in total. The molecule has 10 heteroatoms. The Morgan fingerprint density at radius 3 is 2.69 bits per heavy atom. The number of methoxy groups -OCH3 is 1. The highest BCUT2D eigenvalue weighted by Crippen LogP contribution is 2.36.